The van der Waals surface area contributed by atoms with Crippen molar-refractivity contribution in [1.82, 2.24) is 4.98 Å². The number of rotatable bonds is 4. The van der Waals surface area contributed by atoms with Gasteiger partial charge in [-0.25, -0.2) is 9.78 Å². The van der Waals surface area contributed by atoms with Gasteiger partial charge in [0.1, 0.15) is 11.4 Å². The lowest BCUT2D eigenvalue weighted by Crippen LogP contribution is -2.24. The molecule has 2 aromatic carbocycles. The van der Waals surface area contributed by atoms with E-state index in [0.717, 1.165) is 5.39 Å². The third-order valence-electron chi connectivity index (χ3n) is 3.56. The maximum absolute atomic E-state index is 12.5. The molecule has 0 aliphatic carbocycles. The van der Waals surface area contributed by atoms with Crippen LogP contribution >= 0.6 is 0 Å². The number of fused-ring (bicyclic) bond motifs is 1. The van der Waals surface area contributed by atoms with Crippen molar-refractivity contribution in [2.24, 2.45) is 0 Å². The van der Waals surface area contributed by atoms with E-state index in [9.17, 15) is 14.9 Å². The second-order valence-corrected chi connectivity index (χ2v) is 6.89. The van der Waals surface area contributed by atoms with E-state index in [4.69, 9.17) is 9.47 Å². The molecule has 0 amide bonds. The van der Waals surface area contributed by atoms with Gasteiger partial charge in [0, 0.05) is 17.5 Å². The molecular formula is C20H18N2O5. The van der Waals surface area contributed by atoms with Gasteiger partial charge in [-0.1, -0.05) is 18.2 Å². The van der Waals surface area contributed by atoms with Crippen LogP contribution in [0.3, 0.4) is 0 Å². The number of aromatic nitrogens is 1. The van der Waals surface area contributed by atoms with E-state index in [1.807, 2.05) is 6.07 Å². The minimum absolute atomic E-state index is 0.0808. The molecule has 0 fully saturated rings. The molecule has 138 valence electrons. The summed E-state index contributed by atoms with van der Waals surface area (Å²) in [5.41, 5.74) is 0.0559. The van der Waals surface area contributed by atoms with Gasteiger partial charge < -0.3 is 9.47 Å². The van der Waals surface area contributed by atoms with Gasteiger partial charge in [0.25, 0.3) is 5.69 Å². The van der Waals surface area contributed by atoms with E-state index in [1.165, 1.54) is 18.2 Å². The molecule has 7 heteroatoms. The van der Waals surface area contributed by atoms with Crippen molar-refractivity contribution in [1.29, 1.82) is 0 Å². The zero-order chi connectivity index (χ0) is 19.6. The fourth-order valence-electron chi connectivity index (χ4n) is 2.47. The van der Waals surface area contributed by atoms with E-state index in [0.29, 0.717) is 11.1 Å². The minimum atomic E-state index is -0.629. The summed E-state index contributed by atoms with van der Waals surface area (Å²) in [7, 11) is 0. The third kappa shape index (κ3) is 4.38. The summed E-state index contributed by atoms with van der Waals surface area (Å²) in [6, 6.07) is 14.4. The highest BCUT2D eigenvalue weighted by Gasteiger charge is 2.20. The van der Waals surface area contributed by atoms with Gasteiger partial charge in [-0.05, 0) is 39.0 Å². The van der Waals surface area contributed by atoms with Crippen LogP contribution in [0.2, 0.25) is 0 Å². The fraction of sp³-hybridized carbons (Fsp3) is 0.200. The first-order chi connectivity index (χ1) is 12.7. The molecule has 27 heavy (non-hydrogen) atoms. The molecule has 0 bridgehead atoms. The first-order valence-electron chi connectivity index (χ1n) is 8.28. The van der Waals surface area contributed by atoms with Crippen molar-refractivity contribution in [3.8, 4) is 11.6 Å². The molecule has 0 atom stereocenters. The number of nitro groups is 1. The number of benzene rings is 2. The van der Waals surface area contributed by atoms with Crippen molar-refractivity contribution < 1.29 is 19.2 Å². The van der Waals surface area contributed by atoms with Crippen molar-refractivity contribution in [2.45, 2.75) is 26.4 Å². The Balaban J connectivity index is 1.97. The zero-order valence-corrected chi connectivity index (χ0v) is 15.1. The second kappa shape index (κ2) is 7.03. The van der Waals surface area contributed by atoms with Gasteiger partial charge in [0.2, 0.25) is 5.88 Å². The average Bonchev–Trinajstić information content (AvgIpc) is 2.60. The van der Waals surface area contributed by atoms with Crippen LogP contribution in [0.15, 0.2) is 54.6 Å². The molecular weight excluding hydrogens is 348 g/mol. The van der Waals surface area contributed by atoms with Crippen molar-refractivity contribution in [2.75, 3.05) is 0 Å². The number of para-hydroxylation sites is 1. The van der Waals surface area contributed by atoms with Crippen LogP contribution in [0.25, 0.3) is 10.9 Å². The number of carbonyl (C=O) groups excluding carboxylic acids is 1. The van der Waals surface area contributed by atoms with Gasteiger partial charge >= 0.3 is 5.97 Å². The Morgan fingerprint density at radius 3 is 2.52 bits per heavy atom. The van der Waals surface area contributed by atoms with Gasteiger partial charge in [0.05, 0.1) is 22.1 Å². The Morgan fingerprint density at radius 1 is 1.07 bits per heavy atom. The maximum Gasteiger partial charge on any atom is 0.340 e. The number of non-ortho nitro benzene ring substituents is 1. The van der Waals surface area contributed by atoms with Crippen molar-refractivity contribution in [3.63, 3.8) is 0 Å². The minimum Gasteiger partial charge on any atom is -0.456 e. The number of esters is 1. The number of pyridine rings is 1. The highest BCUT2D eigenvalue weighted by Crippen LogP contribution is 2.27. The smallest absolute Gasteiger partial charge is 0.340 e. The second-order valence-electron chi connectivity index (χ2n) is 6.89. The van der Waals surface area contributed by atoms with Crippen molar-refractivity contribution in [3.05, 3.63) is 70.3 Å². The molecule has 0 saturated carbocycles. The molecule has 1 aromatic heterocycles. The molecule has 0 aliphatic rings. The summed E-state index contributed by atoms with van der Waals surface area (Å²) in [5, 5.41) is 11.7. The number of hydrogen-bond donors (Lipinski definition) is 0. The quantitative estimate of drug-likeness (QED) is 0.371. The lowest BCUT2D eigenvalue weighted by atomic mass is 10.1. The molecule has 0 aliphatic heterocycles. The first-order valence-corrected chi connectivity index (χ1v) is 8.28. The summed E-state index contributed by atoms with van der Waals surface area (Å²) >= 11 is 0. The maximum atomic E-state index is 12.5. The van der Waals surface area contributed by atoms with E-state index in [-0.39, 0.29) is 17.3 Å². The SMILES string of the molecule is CC(C)(C)OC(=O)c1cccc2ccc(Oc3cccc([N+](=O)[O-])c3)nc12. The summed E-state index contributed by atoms with van der Waals surface area (Å²) < 4.78 is 11.1. The average molecular weight is 366 g/mol. The molecule has 0 unspecified atom stereocenters. The van der Waals surface area contributed by atoms with E-state index in [2.05, 4.69) is 4.98 Å². The topological polar surface area (TPSA) is 91.6 Å². The van der Waals surface area contributed by atoms with Crippen LogP contribution < -0.4 is 4.74 Å². The largest absolute Gasteiger partial charge is 0.456 e. The Hall–Kier alpha value is -3.48. The Morgan fingerprint density at radius 2 is 1.81 bits per heavy atom. The molecule has 0 radical (unpaired) electrons. The van der Waals surface area contributed by atoms with Crippen LogP contribution in [0.5, 0.6) is 11.6 Å². The molecule has 3 rings (SSSR count). The Bertz CT molecular complexity index is 1020. The normalized spacial score (nSPS) is 11.2. The molecule has 0 N–H and O–H groups in total. The highest BCUT2D eigenvalue weighted by atomic mass is 16.6. The molecule has 3 aromatic rings. The van der Waals surface area contributed by atoms with Crippen LogP contribution in [0.1, 0.15) is 31.1 Å². The van der Waals surface area contributed by atoms with Gasteiger partial charge in [-0.3, -0.25) is 10.1 Å². The summed E-state index contributed by atoms with van der Waals surface area (Å²) in [6.45, 7) is 5.38. The Labute approximate surface area is 155 Å². The third-order valence-corrected chi connectivity index (χ3v) is 3.56. The highest BCUT2D eigenvalue weighted by molar-refractivity contribution is 6.02. The van der Waals surface area contributed by atoms with Crippen molar-refractivity contribution >= 4 is 22.6 Å². The molecule has 0 saturated heterocycles. The lowest BCUT2D eigenvalue weighted by Gasteiger charge is -2.19. The Kier molecular flexibility index (Phi) is 4.77. The summed E-state index contributed by atoms with van der Waals surface area (Å²) in [5.74, 6) is 0.0258. The van der Waals surface area contributed by atoms with Gasteiger partial charge in [-0.15, -0.1) is 0 Å². The predicted octanol–water partition coefficient (Wildman–Crippen LogP) is 4.89. The number of nitrogens with zero attached hydrogens (tertiary/aromatic N) is 2. The van der Waals surface area contributed by atoms with E-state index < -0.39 is 16.5 Å². The summed E-state index contributed by atoms with van der Waals surface area (Å²) in [6.07, 6.45) is 0. The summed E-state index contributed by atoms with van der Waals surface area (Å²) in [4.78, 5) is 27.3. The number of nitro benzene ring substituents is 1. The van der Waals surface area contributed by atoms with Crippen LogP contribution in [-0.4, -0.2) is 21.5 Å². The number of hydrogen-bond acceptors (Lipinski definition) is 6. The van der Waals surface area contributed by atoms with Gasteiger partial charge in [-0.2, -0.15) is 0 Å². The first kappa shape index (κ1) is 18.3. The zero-order valence-electron chi connectivity index (χ0n) is 15.1. The molecule has 1 heterocycles. The standard InChI is InChI=1S/C20H18N2O5/c1-20(2,3)27-19(23)16-9-4-6-13-10-11-17(21-18(13)16)26-15-8-5-7-14(12-15)22(24)25/h4-12H,1-3H3. The number of carbonyl (C=O) groups is 1. The predicted molar refractivity (Wildman–Crippen MR) is 100 cm³/mol. The van der Waals surface area contributed by atoms with Gasteiger partial charge in [0.15, 0.2) is 0 Å². The van der Waals surface area contributed by atoms with E-state index >= 15 is 0 Å². The lowest BCUT2D eigenvalue weighted by molar-refractivity contribution is -0.384. The number of ether oxygens (including phenoxy) is 2. The van der Waals surface area contributed by atoms with Crippen LogP contribution in [-0.2, 0) is 4.74 Å². The molecule has 7 nitrogen and oxygen atoms in total. The van der Waals surface area contributed by atoms with E-state index in [1.54, 1.807) is 51.1 Å². The fourth-order valence-corrected chi connectivity index (χ4v) is 2.47. The molecule has 0 spiro atoms. The van der Waals surface area contributed by atoms with Crippen LogP contribution in [0, 0.1) is 10.1 Å². The van der Waals surface area contributed by atoms with Crippen LogP contribution in [0.4, 0.5) is 5.69 Å². The monoisotopic (exact) mass is 366 g/mol.